The summed E-state index contributed by atoms with van der Waals surface area (Å²) in [5.41, 5.74) is 2.96. The van der Waals surface area contributed by atoms with Crippen LogP contribution in [0.4, 0.5) is 4.39 Å². The van der Waals surface area contributed by atoms with Gasteiger partial charge in [-0.1, -0.05) is 24.3 Å². The fourth-order valence-electron chi connectivity index (χ4n) is 3.32. The molecule has 6 nitrogen and oxygen atoms in total. The van der Waals surface area contributed by atoms with Gasteiger partial charge in [0.1, 0.15) is 18.0 Å². The number of imidazole rings is 1. The average Bonchev–Trinajstić information content (AvgIpc) is 3.03. The first-order valence-corrected chi connectivity index (χ1v) is 10.3. The number of aliphatic hydroxyl groups excluding tert-OH is 1. The normalized spacial score (nSPS) is 12.1. The number of rotatable bonds is 8. The van der Waals surface area contributed by atoms with E-state index in [1.165, 1.54) is 25.3 Å². The number of para-hydroxylation sites is 1. The second-order valence-electron chi connectivity index (χ2n) is 7.18. The van der Waals surface area contributed by atoms with Crippen LogP contribution in [0.15, 0.2) is 60.7 Å². The van der Waals surface area contributed by atoms with E-state index in [4.69, 9.17) is 12.2 Å². The molecule has 0 saturated heterocycles. The van der Waals surface area contributed by atoms with Gasteiger partial charge in [0.05, 0.1) is 24.6 Å². The average molecular weight is 455 g/mol. The van der Waals surface area contributed by atoms with Gasteiger partial charge in [-0.3, -0.25) is 14.2 Å². The summed E-state index contributed by atoms with van der Waals surface area (Å²) in [5, 5.41) is 10.3. The summed E-state index contributed by atoms with van der Waals surface area (Å²) in [6, 6.07) is 15.6. The number of aromatic nitrogens is 2. The number of esters is 1. The van der Waals surface area contributed by atoms with Crippen LogP contribution in [0.1, 0.15) is 18.5 Å². The van der Waals surface area contributed by atoms with Crippen molar-refractivity contribution in [2.24, 2.45) is 7.05 Å². The molecule has 8 heteroatoms. The van der Waals surface area contributed by atoms with E-state index in [0.717, 1.165) is 11.3 Å². The molecule has 0 spiro atoms. The maximum atomic E-state index is 13.6. The first kappa shape index (κ1) is 23.3. The molecule has 1 aromatic heterocycles. The Hall–Kier alpha value is -3.36. The van der Waals surface area contributed by atoms with E-state index in [1.807, 2.05) is 34.9 Å². The van der Waals surface area contributed by atoms with Gasteiger partial charge in [0, 0.05) is 24.7 Å². The van der Waals surface area contributed by atoms with Crippen LogP contribution in [0.5, 0.6) is 0 Å². The van der Waals surface area contributed by atoms with E-state index in [-0.39, 0.29) is 12.2 Å². The highest BCUT2D eigenvalue weighted by molar-refractivity contribution is 7.71. The van der Waals surface area contributed by atoms with Gasteiger partial charge in [-0.15, -0.1) is 0 Å². The van der Waals surface area contributed by atoms with Crippen LogP contribution in [-0.4, -0.2) is 39.2 Å². The molecule has 0 bridgehead atoms. The third kappa shape index (κ3) is 5.27. The molecule has 166 valence electrons. The number of hydrogen-bond acceptors (Lipinski definition) is 5. The van der Waals surface area contributed by atoms with Crippen LogP contribution in [-0.2, 0) is 21.4 Å². The minimum absolute atomic E-state index is 0.221. The molecule has 0 radical (unpaired) electrons. The summed E-state index contributed by atoms with van der Waals surface area (Å²) < 4.78 is 22.2. The molecule has 0 aliphatic heterocycles. The monoisotopic (exact) mass is 454 g/mol. The van der Waals surface area contributed by atoms with Crippen molar-refractivity contribution in [2.75, 3.05) is 7.11 Å². The van der Waals surface area contributed by atoms with Crippen molar-refractivity contribution in [3.05, 3.63) is 77.0 Å². The van der Waals surface area contributed by atoms with E-state index >= 15 is 0 Å². The quantitative estimate of drug-likeness (QED) is 0.313. The van der Waals surface area contributed by atoms with Gasteiger partial charge in [0.2, 0.25) is 0 Å². The lowest BCUT2D eigenvalue weighted by molar-refractivity contribution is -0.143. The third-order valence-corrected chi connectivity index (χ3v) is 5.38. The van der Waals surface area contributed by atoms with Gasteiger partial charge >= 0.3 is 5.97 Å². The number of benzene rings is 2. The molecular formula is C24H23FN2O4S. The fourth-order valence-corrected chi connectivity index (χ4v) is 3.62. The number of carbonyl (C=O) groups excluding carboxylic acids is 2. The molecule has 1 unspecified atom stereocenters. The summed E-state index contributed by atoms with van der Waals surface area (Å²) >= 11 is 5.67. The Labute approximate surface area is 190 Å². The molecular weight excluding hydrogens is 431 g/mol. The van der Waals surface area contributed by atoms with Crippen molar-refractivity contribution in [3.8, 4) is 16.9 Å². The van der Waals surface area contributed by atoms with Gasteiger partial charge in [-0.2, -0.15) is 0 Å². The van der Waals surface area contributed by atoms with E-state index in [2.05, 4.69) is 4.74 Å². The molecule has 1 heterocycles. The van der Waals surface area contributed by atoms with Gasteiger partial charge in [0.15, 0.2) is 4.77 Å². The number of aliphatic hydroxyl groups is 1. The van der Waals surface area contributed by atoms with Crippen molar-refractivity contribution >= 4 is 30.0 Å². The molecule has 2 aromatic carbocycles. The number of ketones is 1. The second kappa shape index (κ2) is 10.3. The molecule has 3 aromatic rings. The highest BCUT2D eigenvalue weighted by atomic mass is 32.1. The second-order valence-corrected chi connectivity index (χ2v) is 7.54. The first-order chi connectivity index (χ1) is 15.3. The Morgan fingerprint density at radius 2 is 1.81 bits per heavy atom. The molecule has 3 rings (SSSR count). The van der Waals surface area contributed by atoms with Gasteiger partial charge in [-0.05, 0) is 54.7 Å². The highest BCUT2D eigenvalue weighted by Crippen LogP contribution is 2.30. The summed E-state index contributed by atoms with van der Waals surface area (Å²) in [6.07, 6.45) is 1.44. The van der Waals surface area contributed by atoms with E-state index in [9.17, 15) is 19.1 Å². The van der Waals surface area contributed by atoms with Crippen LogP contribution in [0.3, 0.4) is 0 Å². The Morgan fingerprint density at radius 3 is 2.44 bits per heavy atom. The number of ether oxygens (including phenoxy) is 1. The van der Waals surface area contributed by atoms with Crippen molar-refractivity contribution in [1.29, 1.82) is 0 Å². The van der Waals surface area contributed by atoms with Gasteiger partial charge in [0.25, 0.3) is 0 Å². The maximum absolute atomic E-state index is 13.6. The summed E-state index contributed by atoms with van der Waals surface area (Å²) in [5.74, 6) is -1.43. The number of hydrogen-bond donors (Lipinski definition) is 1. The topological polar surface area (TPSA) is 73.5 Å². The highest BCUT2D eigenvalue weighted by Gasteiger charge is 2.18. The Bertz CT molecular complexity index is 1200. The van der Waals surface area contributed by atoms with Crippen molar-refractivity contribution in [2.45, 2.75) is 18.9 Å². The summed E-state index contributed by atoms with van der Waals surface area (Å²) in [4.78, 5) is 23.1. The van der Waals surface area contributed by atoms with Crippen molar-refractivity contribution in [1.82, 2.24) is 9.13 Å². The molecule has 0 aliphatic rings. The van der Waals surface area contributed by atoms with Crippen molar-refractivity contribution in [3.63, 3.8) is 0 Å². The Morgan fingerprint density at radius 1 is 1.16 bits per heavy atom. The zero-order valence-corrected chi connectivity index (χ0v) is 18.5. The van der Waals surface area contributed by atoms with Crippen LogP contribution in [0, 0.1) is 10.6 Å². The molecule has 0 saturated carbocycles. The number of carbonyl (C=O) groups is 2. The van der Waals surface area contributed by atoms with Crippen LogP contribution in [0.25, 0.3) is 23.0 Å². The zero-order chi connectivity index (χ0) is 23.3. The lowest BCUT2D eigenvalue weighted by atomic mass is 10.1. The van der Waals surface area contributed by atoms with Gasteiger partial charge in [-0.25, -0.2) is 4.39 Å². The first-order valence-electron chi connectivity index (χ1n) is 9.89. The molecule has 0 aliphatic carbocycles. The van der Waals surface area contributed by atoms with Crippen LogP contribution < -0.4 is 0 Å². The zero-order valence-electron chi connectivity index (χ0n) is 17.7. The Kier molecular flexibility index (Phi) is 7.50. The van der Waals surface area contributed by atoms with E-state index < -0.39 is 24.3 Å². The van der Waals surface area contributed by atoms with E-state index in [1.54, 1.807) is 29.8 Å². The maximum Gasteiger partial charge on any atom is 0.313 e. The van der Waals surface area contributed by atoms with Crippen LogP contribution >= 0.6 is 12.2 Å². The number of Topliss-reactive ketones (excluding diaryl/α,β-unsaturated/α-hetero) is 1. The minimum Gasteiger partial charge on any atom is -0.469 e. The predicted octanol–water partition coefficient (Wildman–Crippen LogP) is 4.25. The number of nitrogens with zero attached hydrogens (tertiary/aromatic N) is 2. The summed E-state index contributed by atoms with van der Waals surface area (Å²) in [7, 11) is 3.00. The third-order valence-electron chi connectivity index (χ3n) is 4.92. The lowest BCUT2D eigenvalue weighted by Crippen LogP contribution is -2.15. The predicted molar refractivity (Wildman–Crippen MR) is 122 cm³/mol. The molecule has 32 heavy (non-hydrogen) atoms. The minimum atomic E-state index is -1.10. The van der Waals surface area contributed by atoms with Crippen molar-refractivity contribution < 1.29 is 23.8 Å². The SMILES string of the molecule is COC(=O)CC(=O)CC(O)/C=C/c1c(-c2ccc(F)cc2)n(-c2ccccc2)c(=S)n1C. The lowest BCUT2D eigenvalue weighted by Gasteiger charge is -2.10. The molecule has 1 atom stereocenters. The number of methoxy groups -OCH3 is 1. The Balaban J connectivity index is 2.03. The van der Waals surface area contributed by atoms with Gasteiger partial charge < -0.3 is 14.4 Å². The number of halogens is 1. The van der Waals surface area contributed by atoms with E-state index in [0.29, 0.717) is 16.2 Å². The summed E-state index contributed by atoms with van der Waals surface area (Å²) in [6.45, 7) is 0. The smallest absolute Gasteiger partial charge is 0.313 e. The fraction of sp³-hybridized carbons (Fsp3) is 0.208. The molecule has 0 amide bonds. The van der Waals surface area contributed by atoms with Crippen LogP contribution in [0.2, 0.25) is 0 Å². The standard InChI is InChI=1S/C24H23FN2O4S/c1-26-21(13-12-19(28)14-20(29)15-22(30)31-2)23(16-8-10-17(25)11-9-16)27(24(26)32)18-6-4-3-5-7-18/h3-13,19,28H,14-15H2,1-2H3/b13-12+. The molecule has 0 fully saturated rings. The largest absolute Gasteiger partial charge is 0.469 e. The molecule has 1 N–H and O–H groups in total.